The standard InChI is InChI=1S/C22H22N2O5/c1-3-29-22(28)15-6-10-17(11-7-15)24-21(27)19-12-18(19)20(26)23-16-8-4-14(5-9-16)13(2)25/h4-11,18-19H,3,12H2,1-2H3,(H,23,26)(H,24,27). The molecule has 2 unspecified atom stereocenters. The molecule has 2 atom stereocenters. The Hall–Kier alpha value is -3.48. The van der Waals surface area contributed by atoms with Crippen LogP contribution in [0.4, 0.5) is 11.4 Å². The van der Waals surface area contributed by atoms with Gasteiger partial charge in [0, 0.05) is 16.9 Å². The fourth-order valence-electron chi connectivity index (χ4n) is 2.94. The van der Waals surface area contributed by atoms with Crippen molar-refractivity contribution < 1.29 is 23.9 Å². The summed E-state index contributed by atoms with van der Waals surface area (Å²) >= 11 is 0. The smallest absolute Gasteiger partial charge is 0.338 e. The lowest BCUT2D eigenvalue weighted by molar-refractivity contribution is -0.122. The summed E-state index contributed by atoms with van der Waals surface area (Å²) in [6.07, 6.45) is 0.476. The third-order valence-electron chi connectivity index (χ3n) is 4.69. The van der Waals surface area contributed by atoms with Gasteiger partial charge < -0.3 is 15.4 Å². The van der Waals surface area contributed by atoms with Gasteiger partial charge in [0.2, 0.25) is 11.8 Å². The summed E-state index contributed by atoms with van der Waals surface area (Å²) in [6.45, 7) is 3.50. The van der Waals surface area contributed by atoms with Crippen LogP contribution in [-0.2, 0) is 14.3 Å². The summed E-state index contributed by atoms with van der Waals surface area (Å²) in [7, 11) is 0. The van der Waals surface area contributed by atoms with Crippen LogP contribution in [0.3, 0.4) is 0 Å². The SMILES string of the molecule is CCOC(=O)c1ccc(NC(=O)C2CC2C(=O)Nc2ccc(C(C)=O)cc2)cc1. The number of nitrogens with one attached hydrogen (secondary N) is 2. The Morgan fingerprint density at radius 2 is 1.28 bits per heavy atom. The average molecular weight is 394 g/mol. The van der Waals surface area contributed by atoms with Crippen LogP contribution in [0.2, 0.25) is 0 Å². The third-order valence-corrected chi connectivity index (χ3v) is 4.69. The van der Waals surface area contributed by atoms with Crippen molar-refractivity contribution in [1.29, 1.82) is 0 Å². The first-order valence-corrected chi connectivity index (χ1v) is 9.39. The normalized spacial score (nSPS) is 17.2. The first-order valence-electron chi connectivity index (χ1n) is 9.39. The van der Waals surface area contributed by atoms with Crippen LogP contribution in [0.5, 0.6) is 0 Å². The summed E-state index contributed by atoms with van der Waals surface area (Å²) in [4.78, 5) is 47.6. The first-order chi connectivity index (χ1) is 13.9. The van der Waals surface area contributed by atoms with Gasteiger partial charge in [-0.2, -0.15) is 0 Å². The number of ether oxygens (including phenoxy) is 1. The highest BCUT2D eigenvalue weighted by molar-refractivity contribution is 6.03. The molecule has 0 aliphatic heterocycles. The summed E-state index contributed by atoms with van der Waals surface area (Å²) in [6, 6.07) is 13.0. The molecule has 1 fully saturated rings. The van der Waals surface area contributed by atoms with E-state index < -0.39 is 11.9 Å². The van der Waals surface area contributed by atoms with Crippen LogP contribution in [0, 0.1) is 11.8 Å². The van der Waals surface area contributed by atoms with Crippen LogP contribution in [0.25, 0.3) is 0 Å². The zero-order valence-electron chi connectivity index (χ0n) is 16.2. The van der Waals surface area contributed by atoms with Crippen molar-refractivity contribution in [2.24, 2.45) is 11.8 Å². The fraction of sp³-hybridized carbons (Fsp3) is 0.273. The highest BCUT2D eigenvalue weighted by Gasteiger charge is 2.48. The maximum absolute atomic E-state index is 12.4. The predicted molar refractivity (Wildman–Crippen MR) is 108 cm³/mol. The number of hydrogen-bond donors (Lipinski definition) is 2. The lowest BCUT2D eigenvalue weighted by Gasteiger charge is -2.07. The largest absolute Gasteiger partial charge is 0.462 e. The zero-order chi connectivity index (χ0) is 21.0. The van der Waals surface area contributed by atoms with Crippen molar-refractivity contribution in [3.05, 3.63) is 59.7 Å². The first kappa shape index (κ1) is 20.3. The highest BCUT2D eigenvalue weighted by atomic mass is 16.5. The van der Waals surface area contributed by atoms with E-state index in [1.165, 1.54) is 6.92 Å². The minimum atomic E-state index is -0.416. The summed E-state index contributed by atoms with van der Waals surface area (Å²) in [5, 5.41) is 5.53. The molecule has 2 aromatic rings. The third kappa shape index (κ3) is 5.07. The van der Waals surface area contributed by atoms with E-state index in [9.17, 15) is 19.2 Å². The zero-order valence-corrected chi connectivity index (χ0v) is 16.2. The molecule has 1 aliphatic carbocycles. The van der Waals surface area contributed by atoms with Crippen LogP contribution in [0.1, 0.15) is 41.0 Å². The van der Waals surface area contributed by atoms with Crippen molar-refractivity contribution in [1.82, 2.24) is 0 Å². The number of anilines is 2. The number of rotatable bonds is 7. The molecular weight excluding hydrogens is 372 g/mol. The van der Waals surface area contributed by atoms with Gasteiger partial charge in [-0.25, -0.2) is 4.79 Å². The molecule has 0 radical (unpaired) electrons. The molecule has 7 heteroatoms. The van der Waals surface area contributed by atoms with E-state index in [1.807, 2.05) is 0 Å². The quantitative estimate of drug-likeness (QED) is 0.554. The van der Waals surface area contributed by atoms with Gasteiger partial charge in [0.1, 0.15) is 0 Å². The summed E-state index contributed by atoms with van der Waals surface area (Å²) < 4.78 is 4.92. The summed E-state index contributed by atoms with van der Waals surface area (Å²) in [5.41, 5.74) is 2.11. The molecule has 0 saturated heterocycles. The van der Waals surface area contributed by atoms with Crippen LogP contribution >= 0.6 is 0 Å². The number of carbonyl (C=O) groups excluding carboxylic acids is 4. The number of ketones is 1. The number of amides is 2. The van der Waals surface area contributed by atoms with E-state index in [0.29, 0.717) is 35.5 Å². The average Bonchev–Trinajstić information content (AvgIpc) is 3.50. The molecule has 150 valence electrons. The second-order valence-electron chi connectivity index (χ2n) is 6.86. The topological polar surface area (TPSA) is 102 Å². The molecule has 0 bridgehead atoms. The fourth-order valence-corrected chi connectivity index (χ4v) is 2.94. The van der Waals surface area contributed by atoms with Crippen molar-refractivity contribution in [3.63, 3.8) is 0 Å². The van der Waals surface area contributed by atoms with E-state index in [0.717, 1.165) is 0 Å². The second kappa shape index (κ2) is 8.68. The van der Waals surface area contributed by atoms with Crippen LogP contribution in [-0.4, -0.2) is 30.2 Å². The Labute approximate surface area is 168 Å². The minimum Gasteiger partial charge on any atom is -0.462 e. The van der Waals surface area contributed by atoms with Crippen molar-refractivity contribution in [2.45, 2.75) is 20.3 Å². The molecule has 1 aliphatic rings. The number of benzene rings is 2. The predicted octanol–water partition coefficient (Wildman–Crippen LogP) is 3.28. The van der Waals surface area contributed by atoms with Crippen LogP contribution < -0.4 is 10.6 Å². The molecule has 29 heavy (non-hydrogen) atoms. The lowest BCUT2D eigenvalue weighted by atomic mass is 10.1. The maximum Gasteiger partial charge on any atom is 0.338 e. The highest BCUT2D eigenvalue weighted by Crippen LogP contribution is 2.40. The van der Waals surface area contributed by atoms with E-state index in [4.69, 9.17) is 4.74 Å². The molecule has 2 aromatic carbocycles. The van der Waals surface area contributed by atoms with Crippen LogP contribution in [0.15, 0.2) is 48.5 Å². The Bertz CT molecular complexity index is 935. The van der Waals surface area contributed by atoms with E-state index in [1.54, 1.807) is 55.5 Å². The lowest BCUT2D eigenvalue weighted by Crippen LogP contribution is -2.20. The molecular formula is C22H22N2O5. The summed E-state index contributed by atoms with van der Waals surface area (Å²) in [5.74, 6) is -1.70. The van der Waals surface area contributed by atoms with Gasteiger partial charge in [-0.3, -0.25) is 14.4 Å². The van der Waals surface area contributed by atoms with E-state index >= 15 is 0 Å². The van der Waals surface area contributed by atoms with Gasteiger partial charge in [0.15, 0.2) is 5.78 Å². The number of hydrogen-bond acceptors (Lipinski definition) is 5. The molecule has 2 N–H and O–H groups in total. The minimum absolute atomic E-state index is 0.0444. The Kier molecular flexibility index (Phi) is 6.07. The van der Waals surface area contributed by atoms with E-state index in [2.05, 4.69) is 10.6 Å². The van der Waals surface area contributed by atoms with Gasteiger partial charge in [-0.15, -0.1) is 0 Å². The van der Waals surface area contributed by atoms with Crippen molar-refractivity contribution in [3.8, 4) is 0 Å². The monoisotopic (exact) mass is 394 g/mol. The maximum atomic E-state index is 12.4. The molecule has 0 aromatic heterocycles. The Morgan fingerprint density at radius 3 is 1.69 bits per heavy atom. The van der Waals surface area contributed by atoms with Gasteiger partial charge >= 0.3 is 5.97 Å². The number of carbonyl (C=O) groups is 4. The van der Waals surface area contributed by atoms with Gasteiger partial charge in [-0.1, -0.05) is 0 Å². The van der Waals surface area contributed by atoms with Crippen molar-refractivity contribution in [2.75, 3.05) is 17.2 Å². The number of esters is 1. The molecule has 2 amide bonds. The molecule has 3 rings (SSSR count). The molecule has 1 saturated carbocycles. The van der Waals surface area contributed by atoms with Gasteiger partial charge in [0.05, 0.1) is 24.0 Å². The molecule has 0 heterocycles. The second-order valence-corrected chi connectivity index (χ2v) is 6.86. The molecule has 0 spiro atoms. The Morgan fingerprint density at radius 1 is 0.828 bits per heavy atom. The van der Waals surface area contributed by atoms with Crippen molar-refractivity contribution >= 4 is 34.9 Å². The Balaban J connectivity index is 1.51. The van der Waals surface area contributed by atoms with E-state index in [-0.39, 0.29) is 23.5 Å². The number of Topliss-reactive ketones (excluding diaryl/α,β-unsaturated/α-hetero) is 1. The van der Waals surface area contributed by atoms with Gasteiger partial charge in [-0.05, 0) is 68.8 Å². The van der Waals surface area contributed by atoms with Gasteiger partial charge in [0.25, 0.3) is 0 Å². The molecule has 7 nitrogen and oxygen atoms in total.